The van der Waals surface area contributed by atoms with Gasteiger partial charge >= 0.3 is 5.97 Å². The largest absolute Gasteiger partial charge is 0.475 e. The van der Waals surface area contributed by atoms with Gasteiger partial charge in [0.05, 0.1) is 17.0 Å². The summed E-state index contributed by atoms with van der Waals surface area (Å²) in [6.45, 7) is 0. The zero-order valence-electron chi connectivity index (χ0n) is 11.0. The van der Waals surface area contributed by atoms with Crippen LogP contribution in [0.5, 0.6) is 0 Å². The van der Waals surface area contributed by atoms with Gasteiger partial charge in [0.2, 0.25) is 11.7 Å². The number of sulfone groups is 1. The van der Waals surface area contributed by atoms with E-state index in [1.807, 2.05) is 0 Å². The van der Waals surface area contributed by atoms with Crippen molar-refractivity contribution in [2.45, 2.75) is 6.42 Å². The minimum Gasteiger partial charge on any atom is -0.475 e. The Morgan fingerprint density at radius 2 is 2.05 bits per heavy atom. The molecule has 6 nitrogen and oxygen atoms in total. The molecule has 112 valence electrons. The van der Waals surface area contributed by atoms with Crippen molar-refractivity contribution in [2.24, 2.45) is 0 Å². The molecule has 0 radical (unpaired) electrons. The highest BCUT2D eigenvalue weighted by Gasteiger charge is 2.22. The number of benzene rings is 1. The Morgan fingerprint density at radius 1 is 1.38 bits per heavy atom. The van der Waals surface area contributed by atoms with E-state index in [0.29, 0.717) is 0 Å². The van der Waals surface area contributed by atoms with Gasteiger partial charge < -0.3 is 9.52 Å². The molecule has 2 rings (SSSR count). The van der Waals surface area contributed by atoms with Gasteiger partial charge in [0.15, 0.2) is 0 Å². The molecular formula is C13H12FNO5S. The van der Waals surface area contributed by atoms with Gasteiger partial charge in [0.25, 0.3) is 0 Å². The second-order valence-corrected chi connectivity index (χ2v) is 6.72. The van der Waals surface area contributed by atoms with Crippen molar-refractivity contribution in [3.05, 3.63) is 41.5 Å². The monoisotopic (exact) mass is 313 g/mol. The highest BCUT2D eigenvalue weighted by molar-refractivity contribution is 7.90. The number of carboxylic acids is 1. The van der Waals surface area contributed by atoms with Crippen molar-refractivity contribution in [1.82, 2.24) is 4.98 Å². The summed E-state index contributed by atoms with van der Waals surface area (Å²) in [5.41, 5.74) is -0.00298. The summed E-state index contributed by atoms with van der Waals surface area (Å²) in [5, 5.41) is 9.05. The van der Waals surface area contributed by atoms with Crippen LogP contribution in [0.1, 0.15) is 16.2 Å². The average molecular weight is 313 g/mol. The fraction of sp³-hybridized carbons (Fsp3) is 0.231. The van der Waals surface area contributed by atoms with Gasteiger partial charge in [-0.05, 0) is 12.1 Å². The summed E-state index contributed by atoms with van der Waals surface area (Å²) >= 11 is 0. The molecular weight excluding hydrogens is 301 g/mol. The van der Waals surface area contributed by atoms with Crippen LogP contribution in [0.3, 0.4) is 0 Å². The van der Waals surface area contributed by atoms with Crippen LogP contribution in [0.2, 0.25) is 0 Å². The molecule has 0 saturated heterocycles. The predicted octanol–water partition coefficient (Wildman–Crippen LogP) is 1.77. The van der Waals surface area contributed by atoms with Crippen LogP contribution in [0.4, 0.5) is 4.39 Å². The molecule has 0 aliphatic heterocycles. The highest BCUT2D eigenvalue weighted by Crippen LogP contribution is 2.25. The van der Waals surface area contributed by atoms with E-state index < -0.39 is 27.4 Å². The Morgan fingerprint density at radius 3 is 2.62 bits per heavy atom. The van der Waals surface area contributed by atoms with Crippen LogP contribution in [-0.2, 0) is 16.3 Å². The second-order valence-electron chi connectivity index (χ2n) is 4.46. The lowest BCUT2D eigenvalue weighted by Crippen LogP contribution is -2.09. The maximum atomic E-state index is 13.6. The van der Waals surface area contributed by atoms with Gasteiger partial charge in [-0.3, -0.25) is 0 Å². The van der Waals surface area contributed by atoms with Gasteiger partial charge in [-0.15, -0.1) is 0 Å². The fourth-order valence-corrected chi connectivity index (χ4v) is 2.28. The maximum Gasteiger partial charge on any atom is 0.373 e. The molecule has 1 aromatic carbocycles. The molecule has 2 aromatic rings. The number of aromatic nitrogens is 1. The minimum atomic E-state index is -3.28. The lowest BCUT2D eigenvalue weighted by atomic mass is 10.2. The smallest absolute Gasteiger partial charge is 0.373 e. The van der Waals surface area contributed by atoms with E-state index in [9.17, 15) is 17.6 Å². The number of hydrogen-bond acceptors (Lipinski definition) is 5. The third kappa shape index (κ3) is 3.66. The average Bonchev–Trinajstić information content (AvgIpc) is 2.80. The zero-order valence-corrected chi connectivity index (χ0v) is 11.9. The van der Waals surface area contributed by atoms with Crippen molar-refractivity contribution < 1.29 is 27.1 Å². The van der Waals surface area contributed by atoms with Gasteiger partial charge in [0.1, 0.15) is 15.7 Å². The van der Waals surface area contributed by atoms with E-state index in [2.05, 4.69) is 4.98 Å². The molecule has 8 heteroatoms. The normalized spacial score (nSPS) is 11.5. The molecule has 1 N–H and O–H groups in total. The standard InChI is InChI=1S/C13H12FNO5S/c1-21(18,19)7-6-10-11(13(16)17)20-12(15-10)8-4-2-3-5-9(8)14/h2-5H,6-7H2,1H3,(H,16,17). The first-order chi connectivity index (χ1) is 9.78. The minimum absolute atomic E-state index is 0.0191. The molecule has 1 heterocycles. The van der Waals surface area contributed by atoms with E-state index in [1.165, 1.54) is 18.2 Å². The van der Waals surface area contributed by atoms with Crippen molar-refractivity contribution in [2.75, 3.05) is 12.0 Å². The molecule has 0 amide bonds. The summed E-state index contributed by atoms with van der Waals surface area (Å²) in [7, 11) is -3.28. The summed E-state index contributed by atoms with van der Waals surface area (Å²) in [5.74, 6) is -2.92. The topological polar surface area (TPSA) is 97.5 Å². The zero-order chi connectivity index (χ0) is 15.6. The Labute approximate surface area is 120 Å². The summed E-state index contributed by atoms with van der Waals surface area (Å²) < 4.78 is 41.0. The van der Waals surface area contributed by atoms with Gasteiger partial charge in [0, 0.05) is 12.7 Å². The molecule has 0 spiro atoms. The molecule has 0 fully saturated rings. The molecule has 21 heavy (non-hydrogen) atoms. The van der Waals surface area contributed by atoms with E-state index in [0.717, 1.165) is 6.26 Å². The van der Waals surface area contributed by atoms with Crippen LogP contribution in [0.25, 0.3) is 11.5 Å². The fourth-order valence-electron chi connectivity index (χ4n) is 1.72. The second kappa shape index (κ2) is 5.65. The van der Waals surface area contributed by atoms with Crippen molar-refractivity contribution in [3.8, 4) is 11.5 Å². The Kier molecular flexibility index (Phi) is 4.08. The van der Waals surface area contributed by atoms with Crippen molar-refractivity contribution in [3.63, 3.8) is 0 Å². The van der Waals surface area contributed by atoms with Gasteiger partial charge in [-0.25, -0.2) is 22.6 Å². The summed E-state index contributed by atoms with van der Waals surface area (Å²) in [6, 6.07) is 5.62. The van der Waals surface area contributed by atoms with Crippen LogP contribution >= 0.6 is 0 Å². The Balaban J connectivity index is 2.42. The van der Waals surface area contributed by atoms with Crippen LogP contribution in [0, 0.1) is 5.82 Å². The van der Waals surface area contributed by atoms with E-state index in [4.69, 9.17) is 9.52 Å². The molecule has 0 aliphatic rings. The number of carbonyl (C=O) groups is 1. The lowest BCUT2D eigenvalue weighted by Gasteiger charge is -1.96. The number of oxazole rings is 1. The van der Waals surface area contributed by atoms with Crippen LogP contribution < -0.4 is 0 Å². The first-order valence-electron chi connectivity index (χ1n) is 5.93. The number of rotatable bonds is 5. The third-order valence-corrected chi connectivity index (χ3v) is 3.65. The number of aryl methyl sites for hydroxylation is 1. The number of nitrogens with zero attached hydrogens (tertiary/aromatic N) is 1. The molecule has 0 unspecified atom stereocenters. The first kappa shape index (κ1) is 15.2. The Bertz CT molecular complexity index is 782. The quantitative estimate of drug-likeness (QED) is 0.903. The third-order valence-electron chi connectivity index (χ3n) is 2.71. The highest BCUT2D eigenvalue weighted by atomic mass is 32.2. The van der Waals surface area contributed by atoms with Crippen LogP contribution in [-0.4, -0.2) is 36.5 Å². The maximum absolute atomic E-state index is 13.6. The number of hydrogen-bond donors (Lipinski definition) is 1. The van der Waals surface area contributed by atoms with Gasteiger partial charge in [-0.1, -0.05) is 12.1 Å². The lowest BCUT2D eigenvalue weighted by molar-refractivity contribution is 0.0661. The van der Waals surface area contributed by atoms with Crippen molar-refractivity contribution >= 4 is 15.8 Å². The van der Waals surface area contributed by atoms with Crippen molar-refractivity contribution in [1.29, 1.82) is 0 Å². The molecule has 0 saturated carbocycles. The summed E-state index contributed by atoms with van der Waals surface area (Å²) in [6.07, 6.45) is 0.920. The number of aromatic carboxylic acids is 1. The van der Waals surface area contributed by atoms with E-state index >= 15 is 0 Å². The van der Waals surface area contributed by atoms with E-state index in [1.54, 1.807) is 6.07 Å². The number of carboxylic acid groups (broad SMARTS) is 1. The van der Waals surface area contributed by atoms with E-state index in [-0.39, 0.29) is 29.3 Å². The van der Waals surface area contributed by atoms with Crippen LogP contribution in [0.15, 0.2) is 28.7 Å². The molecule has 0 bridgehead atoms. The number of halogens is 1. The van der Waals surface area contributed by atoms with Gasteiger partial charge in [-0.2, -0.15) is 0 Å². The molecule has 0 aliphatic carbocycles. The molecule has 1 aromatic heterocycles. The summed E-state index contributed by atoms with van der Waals surface area (Å²) in [4.78, 5) is 15.0. The Hall–Kier alpha value is -2.22. The molecule has 0 atom stereocenters. The predicted molar refractivity (Wildman–Crippen MR) is 72.3 cm³/mol. The first-order valence-corrected chi connectivity index (χ1v) is 7.99. The SMILES string of the molecule is CS(=O)(=O)CCc1nc(-c2ccccc2F)oc1C(=O)O.